The number of aromatic nitrogens is 2. The van der Waals surface area contributed by atoms with Crippen molar-refractivity contribution in [3.05, 3.63) is 90.9 Å². The van der Waals surface area contributed by atoms with Crippen molar-refractivity contribution in [1.29, 1.82) is 0 Å². The van der Waals surface area contributed by atoms with Crippen molar-refractivity contribution in [2.24, 2.45) is 0 Å². The van der Waals surface area contributed by atoms with Crippen molar-refractivity contribution in [3.8, 4) is 11.1 Å². The van der Waals surface area contributed by atoms with Crippen LogP contribution in [0.1, 0.15) is 10.4 Å². The van der Waals surface area contributed by atoms with Gasteiger partial charge < -0.3 is 5.32 Å². The van der Waals surface area contributed by atoms with E-state index in [4.69, 9.17) is 0 Å². The number of nitrogens with one attached hydrogen (secondary N) is 1. The van der Waals surface area contributed by atoms with E-state index in [2.05, 4.69) is 15.3 Å². The first-order valence-electron chi connectivity index (χ1n) is 7.97. The second kappa shape index (κ2) is 6.53. The summed E-state index contributed by atoms with van der Waals surface area (Å²) in [5.74, 6) is -0.146. The first-order valence-corrected chi connectivity index (χ1v) is 7.97. The molecule has 0 fully saturated rings. The van der Waals surface area contributed by atoms with Crippen molar-refractivity contribution in [3.63, 3.8) is 0 Å². The number of rotatable bonds is 3. The summed E-state index contributed by atoms with van der Waals surface area (Å²) >= 11 is 0. The molecule has 0 aliphatic rings. The van der Waals surface area contributed by atoms with E-state index in [1.165, 1.54) is 0 Å². The number of anilines is 1. The summed E-state index contributed by atoms with van der Waals surface area (Å²) in [6.45, 7) is 0. The van der Waals surface area contributed by atoms with Gasteiger partial charge in [0.2, 0.25) is 0 Å². The van der Waals surface area contributed by atoms with Crippen LogP contribution in [0, 0.1) is 0 Å². The molecule has 0 aliphatic heterocycles. The van der Waals surface area contributed by atoms with Gasteiger partial charge in [-0.15, -0.1) is 0 Å². The van der Waals surface area contributed by atoms with Gasteiger partial charge in [0.05, 0.1) is 11.2 Å². The zero-order valence-corrected chi connectivity index (χ0v) is 13.4. The molecule has 0 bridgehead atoms. The Morgan fingerprint density at radius 3 is 2.52 bits per heavy atom. The third-order valence-electron chi connectivity index (χ3n) is 4.03. The molecular formula is C21H15N3O. The maximum Gasteiger partial charge on any atom is 0.255 e. The van der Waals surface area contributed by atoms with Gasteiger partial charge in [0.25, 0.3) is 5.91 Å². The number of carbonyl (C=O) groups excluding carboxylic acids is 1. The third-order valence-corrected chi connectivity index (χ3v) is 4.03. The number of carbonyl (C=O) groups is 1. The average molecular weight is 325 g/mol. The Morgan fingerprint density at radius 1 is 0.800 bits per heavy atom. The Morgan fingerprint density at radius 2 is 1.64 bits per heavy atom. The summed E-state index contributed by atoms with van der Waals surface area (Å²) in [7, 11) is 0. The van der Waals surface area contributed by atoms with Gasteiger partial charge >= 0.3 is 0 Å². The van der Waals surface area contributed by atoms with E-state index < -0.39 is 0 Å². The van der Waals surface area contributed by atoms with E-state index in [0.717, 1.165) is 27.7 Å². The van der Waals surface area contributed by atoms with Crippen LogP contribution in [0.3, 0.4) is 0 Å². The topological polar surface area (TPSA) is 54.9 Å². The summed E-state index contributed by atoms with van der Waals surface area (Å²) in [5, 5.41) is 3.91. The van der Waals surface area contributed by atoms with Crippen molar-refractivity contribution in [1.82, 2.24) is 9.97 Å². The number of amides is 1. The van der Waals surface area contributed by atoms with Gasteiger partial charge in [-0.1, -0.05) is 18.2 Å². The fourth-order valence-electron chi connectivity index (χ4n) is 2.79. The highest BCUT2D eigenvalue weighted by atomic mass is 16.1. The Bertz CT molecular complexity index is 1040. The summed E-state index contributed by atoms with van der Waals surface area (Å²) in [4.78, 5) is 21.0. The molecule has 0 radical (unpaired) electrons. The van der Waals surface area contributed by atoms with E-state index in [0.29, 0.717) is 5.56 Å². The molecule has 4 nitrogen and oxygen atoms in total. The van der Waals surface area contributed by atoms with Crippen LogP contribution < -0.4 is 5.32 Å². The molecule has 2 heterocycles. The molecule has 1 amide bonds. The van der Waals surface area contributed by atoms with Gasteiger partial charge in [0, 0.05) is 29.5 Å². The standard InChI is InChI=1S/C21H15N3O/c25-21(24-20-8-2-7-19-18(20)6-3-11-23-19)17-5-1-4-16(14-17)15-9-12-22-13-10-15/h1-14H,(H,24,25). The largest absolute Gasteiger partial charge is 0.321 e. The molecule has 1 N–H and O–H groups in total. The smallest absolute Gasteiger partial charge is 0.255 e. The van der Waals surface area contributed by atoms with E-state index >= 15 is 0 Å². The van der Waals surface area contributed by atoms with Gasteiger partial charge in [0.15, 0.2) is 0 Å². The molecule has 120 valence electrons. The summed E-state index contributed by atoms with van der Waals surface area (Å²) < 4.78 is 0. The minimum absolute atomic E-state index is 0.146. The minimum Gasteiger partial charge on any atom is -0.321 e. The monoisotopic (exact) mass is 325 g/mol. The van der Waals surface area contributed by atoms with Crippen LogP contribution in [0.25, 0.3) is 22.0 Å². The Kier molecular flexibility index (Phi) is 3.92. The lowest BCUT2D eigenvalue weighted by Gasteiger charge is -2.09. The number of hydrogen-bond donors (Lipinski definition) is 1. The Balaban J connectivity index is 1.65. The number of benzene rings is 2. The van der Waals surface area contributed by atoms with Gasteiger partial charge in [-0.05, 0) is 59.7 Å². The molecule has 0 unspecified atom stereocenters. The van der Waals surface area contributed by atoms with E-state index in [1.807, 2.05) is 66.7 Å². The fraction of sp³-hybridized carbons (Fsp3) is 0. The molecule has 4 heteroatoms. The molecule has 4 rings (SSSR count). The first kappa shape index (κ1) is 15.0. The molecular weight excluding hydrogens is 310 g/mol. The fourth-order valence-corrected chi connectivity index (χ4v) is 2.79. The lowest BCUT2D eigenvalue weighted by atomic mass is 10.0. The summed E-state index contributed by atoms with van der Waals surface area (Å²) in [6, 6.07) is 20.9. The SMILES string of the molecule is O=C(Nc1cccc2ncccc12)c1cccc(-c2ccncc2)c1. The number of hydrogen-bond acceptors (Lipinski definition) is 3. The summed E-state index contributed by atoms with van der Waals surface area (Å²) in [5.41, 5.74) is 4.22. The minimum atomic E-state index is -0.146. The van der Waals surface area contributed by atoms with Crippen LogP contribution in [-0.4, -0.2) is 15.9 Å². The van der Waals surface area contributed by atoms with Crippen LogP contribution in [-0.2, 0) is 0 Å². The molecule has 0 saturated carbocycles. The summed E-state index contributed by atoms with van der Waals surface area (Å²) in [6.07, 6.45) is 5.22. The predicted octanol–water partition coefficient (Wildman–Crippen LogP) is 4.55. The van der Waals surface area contributed by atoms with Crippen molar-refractivity contribution in [2.45, 2.75) is 0 Å². The number of nitrogens with zero attached hydrogens (tertiary/aromatic N) is 2. The van der Waals surface area contributed by atoms with Gasteiger partial charge in [-0.25, -0.2) is 0 Å². The van der Waals surface area contributed by atoms with Gasteiger partial charge in [0.1, 0.15) is 0 Å². The van der Waals surface area contributed by atoms with Crippen LogP contribution in [0.4, 0.5) is 5.69 Å². The first-order chi connectivity index (χ1) is 12.3. The van der Waals surface area contributed by atoms with Gasteiger partial charge in [-0.3, -0.25) is 14.8 Å². The van der Waals surface area contributed by atoms with Crippen molar-refractivity contribution < 1.29 is 4.79 Å². The highest BCUT2D eigenvalue weighted by Crippen LogP contribution is 2.23. The Labute approximate surface area is 145 Å². The lowest BCUT2D eigenvalue weighted by molar-refractivity contribution is 0.102. The average Bonchev–Trinajstić information content (AvgIpc) is 2.69. The maximum atomic E-state index is 12.7. The van der Waals surface area contributed by atoms with E-state index in [1.54, 1.807) is 18.6 Å². The third kappa shape index (κ3) is 3.10. The van der Waals surface area contributed by atoms with Crippen LogP contribution >= 0.6 is 0 Å². The normalized spacial score (nSPS) is 10.6. The molecule has 25 heavy (non-hydrogen) atoms. The second-order valence-corrected chi connectivity index (χ2v) is 5.65. The van der Waals surface area contributed by atoms with E-state index in [-0.39, 0.29) is 5.91 Å². The zero-order valence-electron chi connectivity index (χ0n) is 13.4. The Hall–Kier alpha value is -3.53. The highest BCUT2D eigenvalue weighted by molar-refractivity contribution is 6.09. The second-order valence-electron chi connectivity index (χ2n) is 5.65. The quantitative estimate of drug-likeness (QED) is 0.601. The van der Waals surface area contributed by atoms with Crippen LogP contribution in [0.5, 0.6) is 0 Å². The highest BCUT2D eigenvalue weighted by Gasteiger charge is 2.09. The molecule has 0 atom stereocenters. The van der Waals surface area contributed by atoms with Crippen molar-refractivity contribution >= 4 is 22.5 Å². The van der Waals surface area contributed by atoms with Crippen molar-refractivity contribution in [2.75, 3.05) is 5.32 Å². The number of fused-ring (bicyclic) bond motifs is 1. The van der Waals surface area contributed by atoms with Crippen LogP contribution in [0.2, 0.25) is 0 Å². The molecule has 4 aromatic rings. The number of pyridine rings is 2. The molecule has 0 spiro atoms. The molecule has 0 saturated heterocycles. The lowest BCUT2D eigenvalue weighted by Crippen LogP contribution is -2.12. The molecule has 0 aliphatic carbocycles. The van der Waals surface area contributed by atoms with E-state index in [9.17, 15) is 4.79 Å². The molecule has 2 aromatic carbocycles. The van der Waals surface area contributed by atoms with Crippen LogP contribution in [0.15, 0.2) is 85.3 Å². The van der Waals surface area contributed by atoms with Gasteiger partial charge in [-0.2, -0.15) is 0 Å². The zero-order chi connectivity index (χ0) is 17.1. The molecule has 2 aromatic heterocycles. The maximum absolute atomic E-state index is 12.7. The predicted molar refractivity (Wildman–Crippen MR) is 99.4 cm³/mol.